The van der Waals surface area contributed by atoms with Crippen molar-refractivity contribution in [2.75, 3.05) is 0 Å². The molecule has 0 saturated heterocycles. The molecule has 5 heterocycles. The summed E-state index contributed by atoms with van der Waals surface area (Å²) in [6.45, 7) is 0. The first-order chi connectivity index (χ1) is 23.8. The summed E-state index contributed by atoms with van der Waals surface area (Å²) in [5.74, 6) is 2.27. The Morgan fingerprint density at radius 3 is 1.83 bits per heavy atom. The van der Waals surface area contributed by atoms with Gasteiger partial charge in [0.05, 0.1) is 22.1 Å². The molecular formula is C41H25N5O2. The van der Waals surface area contributed by atoms with E-state index in [1.54, 1.807) is 12.4 Å². The number of aromatic nitrogens is 5. The summed E-state index contributed by atoms with van der Waals surface area (Å²) in [6, 6.07) is 45.7. The monoisotopic (exact) mass is 619 g/mol. The minimum absolute atomic E-state index is 0.521. The number of pyridine rings is 2. The van der Waals surface area contributed by atoms with E-state index in [0.717, 1.165) is 77.4 Å². The molecule has 5 aromatic carbocycles. The quantitative estimate of drug-likeness (QED) is 0.192. The molecule has 0 bridgehead atoms. The molecule has 0 N–H and O–H groups in total. The number of rotatable bonds is 5. The van der Waals surface area contributed by atoms with Gasteiger partial charge in [-0.25, -0.2) is 4.98 Å². The van der Waals surface area contributed by atoms with Gasteiger partial charge in [-0.15, -0.1) is 0 Å². The Labute approximate surface area is 273 Å². The highest BCUT2D eigenvalue weighted by molar-refractivity contribution is 6.10. The number of para-hydroxylation sites is 4. The summed E-state index contributed by atoms with van der Waals surface area (Å²) in [6.07, 6.45) is 5.51. The van der Waals surface area contributed by atoms with E-state index in [2.05, 4.69) is 93.0 Å². The fraction of sp³-hybridized carbons (Fsp3) is 0. The molecular weight excluding hydrogens is 594 g/mol. The Bertz CT molecular complexity index is 2780. The minimum Gasteiger partial charge on any atom is -0.457 e. The van der Waals surface area contributed by atoms with Crippen LogP contribution in [0.1, 0.15) is 0 Å². The zero-order valence-corrected chi connectivity index (χ0v) is 25.5. The van der Waals surface area contributed by atoms with Gasteiger partial charge < -0.3 is 9.15 Å². The molecule has 0 amide bonds. The molecule has 0 radical (unpaired) electrons. The second-order valence-corrected chi connectivity index (χ2v) is 11.8. The Morgan fingerprint density at radius 2 is 1.15 bits per heavy atom. The molecule has 7 nitrogen and oxygen atoms in total. The van der Waals surface area contributed by atoms with Crippen molar-refractivity contribution < 1.29 is 9.15 Å². The van der Waals surface area contributed by atoms with Crippen LogP contribution in [0.15, 0.2) is 156 Å². The number of benzene rings is 5. The van der Waals surface area contributed by atoms with E-state index in [9.17, 15) is 0 Å². The lowest BCUT2D eigenvalue weighted by Gasteiger charge is -2.10. The predicted molar refractivity (Wildman–Crippen MR) is 190 cm³/mol. The summed E-state index contributed by atoms with van der Waals surface area (Å²) in [4.78, 5) is 13.9. The fourth-order valence-corrected chi connectivity index (χ4v) is 6.81. The third-order valence-electron chi connectivity index (χ3n) is 8.99. The summed E-state index contributed by atoms with van der Waals surface area (Å²) in [7, 11) is 0. The molecule has 5 aromatic heterocycles. The lowest BCUT2D eigenvalue weighted by Crippen LogP contribution is -1.97. The number of oxazole rings is 1. The van der Waals surface area contributed by atoms with Crippen molar-refractivity contribution in [3.63, 3.8) is 0 Å². The highest BCUT2D eigenvalue weighted by Gasteiger charge is 2.18. The van der Waals surface area contributed by atoms with Crippen molar-refractivity contribution in [2.45, 2.75) is 0 Å². The van der Waals surface area contributed by atoms with Crippen molar-refractivity contribution in [3.05, 3.63) is 152 Å². The third kappa shape index (κ3) is 4.11. The van der Waals surface area contributed by atoms with E-state index < -0.39 is 0 Å². The van der Waals surface area contributed by atoms with E-state index in [-0.39, 0.29) is 0 Å². The largest absolute Gasteiger partial charge is 0.457 e. The highest BCUT2D eigenvalue weighted by Crippen LogP contribution is 2.38. The van der Waals surface area contributed by atoms with Gasteiger partial charge in [0.2, 0.25) is 0 Å². The van der Waals surface area contributed by atoms with E-state index >= 15 is 0 Å². The van der Waals surface area contributed by atoms with Crippen LogP contribution in [0.5, 0.6) is 11.5 Å². The molecule has 10 rings (SSSR count). The van der Waals surface area contributed by atoms with Crippen LogP contribution in [0.3, 0.4) is 0 Å². The highest BCUT2D eigenvalue weighted by atomic mass is 16.5. The van der Waals surface area contributed by atoms with Crippen LogP contribution in [-0.2, 0) is 0 Å². The van der Waals surface area contributed by atoms with Crippen LogP contribution in [0, 0.1) is 0 Å². The van der Waals surface area contributed by atoms with E-state index in [0.29, 0.717) is 11.8 Å². The maximum Gasteiger partial charge on any atom is 0.307 e. The molecule has 0 spiro atoms. The molecule has 0 aliphatic rings. The van der Waals surface area contributed by atoms with Crippen LogP contribution in [0.4, 0.5) is 0 Å². The summed E-state index contributed by atoms with van der Waals surface area (Å²) in [5, 5.41) is 4.50. The molecule has 10 aromatic rings. The van der Waals surface area contributed by atoms with E-state index in [4.69, 9.17) is 19.1 Å². The van der Waals surface area contributed by atoms with Crippen molar-refractivity contribution in [3.8, 4) is 34.5 Å². The zero-order chi connectivity index (χ0) is 31.6. The van der Waals surface area contributed by atoms with Gasteiger partial charge in [-0.3, -0.25) is 14.1 Å². The standard InChI is InChI=1S/C41H25N5O2/c1-4-10-35-30(7-1)32-16-14-28(23-37(32)45(35)40-18-13-27(25-43-40)26-19-21-42-22-20-26)47-29-15-17-33-31-8-2-5-11-36(31)46(38(33)24-29)41-44-34-9-3-6-12-39(34)48-41/h1-25H. The topological polar surface area (TPSA) is 70.9 Å². The fourth-order valence-electron chi connectivity index (χ4n) is 6.81. The Morgan fingerprint density at radius 1 is 0.521 bits per heavy atom. The summed E-state index contributed by atoms with van der Waals surface area (Å²) in [5.41, 5.74) is 7.74. The van der Waals surface area contributed by atoms with Gasteiger partial charge in [0.15, 0.2) is 5.58 Å². The normalized spacial score (nSPS) is 11.8. The predicted octanol–water partition coefficient (Wildman–Crippen LogP) is 10.3. The first-order valence-electron chi connectivity index (χ1n) is 15.8. The van der Waals surface area contributed by atoms with Crippen LogP contribution in [0.2, 0.25) is 0 Å². The number of nitrogens with zero attached hydrogens (tertiary/aromatic N) is 5. The molecule has 48 heavy (non-hydrogen) atoms. The number of hydrogen-bond donors (Lipinski definition) is 0. The van der Waals surface area contributed by atoms with Crippen molar-refractivity contribution in [1.82, 2.24) is 24.1 Å². The van der Waals surface area contributed by atoms with Gasteiger partial charge in [-0.1, -0.05) is 48.5 Å². The lowest BCUT2D eigenvalue weighted by molar-refractivity contribution is 0.484. The summed E-state index contributed by atoms with van der Waals surface area (Å²) >= 11 is 0. The van der Waals surface area contributed by atoms with E-state index in [1.165, 1.54) is 0 Å². The van der Waals surface area contributed by atoms with Gasteiger partial charge in [-0.2, -0.15) is 4.98 Å². The molecule has 7 heteroatoms. The van der Waals surface area contributed by atoms with Gasteiger partial charge in [0.25, 0.3) is 0 Å². The van der Waals surface area contributed by atoms with Crippen molar-refractivity contribution >= 4 is 54.7 Å². The number of ether oxygens (including phenoxy) is 1. The first kappa shape index (κ1) is 26.5. The number of hydrogen-bond acceptors (Lipinski definition) is 5. The van der Waals surface area contributed by atoms with Crippen molar-refractivity contribution in [2.24, 2.45) is 0 Å². The molecule has 0 aliphatic carbocycles. The molecule has 0 atom stereocenters. The third-order valence-corrected chi connectivity index (χ3v) is 8.99. The SMILES string of the molecule is c1ccc2oc(-n3c4ccccc4c4ccc(Oc5ccc6c7ccccc7n(-c7ccc(-c8ccncc8)cn7)c6c5)cc43)nc2c1. The maximum absolute atomic E-state index is 6.60. The van der Waals surface area contributed by atoms with Crippen LogP contribution >= 0.6 is 0 Å². The molecule has 0 fully saturated rings. The van der Waals surface area contributed by atoms with Gasteiger partial charge in [-0.05, 0) is 78.4 Å². The summed E-state index contributed by atoms with van der Waals surface area (Å²) < 4.78 is 17.1. The minimum atomic E-state index is 0.521. The van der Waals surface area contributed by atoms with Crippen LogP contribution < -0.4 is 4.74 Å². The second-order valence-electron chi connectivity index (χ2n) is 11.8. The Kier molecular flexibility index (Phi) is 5.74. The molecule has 0 saturated carbocycles. The zero-order valence-electron chi connectivity index (χ0n) is 25.5. The van der Waals surface area contributed by atoms with Crippen molar-refractivity contribution in [1.29, 1.82) is 0 Å². The average molecular weight is 620 g/mol. The maximum atomic E-state index is 6.60. The molecule has 0 aliphatic heterocycles. The van der Waals surface area contributed by atoms with Gasteiger partial charge in [0, 0.05) is 57.8 Å². The lowest BCUT2D eigenvalue weighted by atomic mass is 10.1. The van der Waals surface area contributed by atoms with Gasteiger partial charge in [0.1, 0.15) is 22.8 Å². The van der Waals surface area contributed by atoms with Crippen LogP contribution in [0.25, 0.3) is 77.7 Å². The molecule has 226 valence electrons. The Balaban J connectivity index is 1.09. The number of fused-ring (bicyclic) bond motifs is 7. The first-order valence-corrected chi connectivity index (χ1v) is 15.8. The van der Waals surface area contributed by atoms with Gasteiger partial charge >= 0.3 is 6.01 Å². The second kappa shape index (κ2) is 10.4. The van der Waals surface area contributed by atoms with Crippen LogP contribution in [-0.4, -0.2) is 24.1 Å². The van der Waals surface area contributed by atoms with E-state index in [1.807, 2.05) is 60.8 Å². The average Bonchev–Trinajstić information content (AvgIpc) is 3.81. The Hall–Kier alpha value is -6.73. The molecule has 0 unspecified atom stereocenters. The smallest absolute Gasteiger partial charge is 0.307 e.